The molecule has 21 heavy (non-hydrogen) atoms. The average Bonchev–Trinajstić information content (AvgIpc) is 2.49. The standard InChI is InChI=1S/C16H18N4O/c1-4-8-17-16-18-9-13(10-19-16)15(21)20-14-11(2)6-5-7-12(14)3/h4-7,9-10H,1,8H2,2-3H3,(H,20,21)(H,17,18,19). The van der Waals surface area contributed by atoms with Crippen molar-refractivity contribution >= 4 is 17.5 Å². The lowest BCUT2D eigenvalue weighted by Crippen LogP contribution is -2.15. The molecule has 2 rings (SSSR count). The number of hydrogen-bond donors (Lipinski definition) is 2. The summed E-state index contributed by atoms with van der Waals surface area (Å²) >= 11 is 0. The van der Waals surface area contributed by atoms with Gasteiger partial charge in [-0.25, -0.2) is 9.97 Å². The van der Waals surface area contributed by atoms with Gasteiger partial charge in [-0.3, -0.25) is 4.79 Å². The number of nitrogens with zero attached hydrogens (tertiary/aromatic N) is 2. The van der Waals surface area contributed by atoms with Crippen LogP contribution in [0, 0.1) is 13.8 Å². The number of carbonyl (C=O) groups excluding carboxylic acids is 1. The van der Waals surface area contributed by atoms with Gasteiger partial charge >= 0.3 is 0 Å². The van der Waals surface area contributed by atoms with Crippen molar-refractivity contribution in [2.24, 2.45) is 0 Å². The second-order valence-electron chi connectivity index (χ2n) is 4.69. The number of aromatic nitrogens is 2. The zero-order valence-electron chi connectivity index (χ0n) is 12.2. The Labute approximate surface area is 124 Å². The van der Waals surface area contributed by atoms with E-state index in [9.17, 15) is 4.79 Å². The second-order valence-corrected chi connectivity index (χ2v) is 4.69. The molecule has 5 heteroatoms. The normalized spacial score (nSPS) is 10.0. The topological polar surface area (TPSA) is 66.9 Å². The van der Waals surface area contributed by atoms with Gasteiger partial charge in [0.2, 0.25) is 5.95 Å². The summed E-state index contributed by atoms with van der Waals surface area (Å²) in [7, 11) is 0. The van der Waals surface area contributed by atoms with E-state index in [0.29, 0.717) is 18.1 Å². The zero-order chi connectivity index (χ0) is 15.2. The van der Waals surface area contributed by atoms with Crippen molar-refractivity contribution in [3.05, 3.63) is 59.9 Å². The maximum atomic E-state index is 12.2. The summed E-state index contributed by atoms with van der Waals surface area (Å²) in [5.41, 5.74) is 3.29. The molecular formula is C16H18N4O. The highest BCUT2D eigenvalue weighted by Crippen LogP contribution is 2.20. The minimum atomic E-state index is -0.220. The first kappa shape index (κ1) is 14.7. The number of nitrogens with one attached hydrogen (secondary N) is 2. The first-order valence-corrected chi connectivity index (χ1v) is 6.66. The van der Waals surface area contributed by atoms with Crippen molar-refractivity contribution in [3.8, 4) is 0 Å². The number of amides is 1. The Kier molecular flexibility index (Phi) is 4.66. The van der Waals surface area contributed by atoms with E-state index in [1.54, 1.807) is 6.08 Å². The van der Waals surface area contributed by atoms with Crippen LogP contribution in [0.25, 0.3) is 0 Å². The van der Waals surface area contributed by atoms with Gasteiger partial charge in [-0.2, -0.15) is 0 Å². The third-order valence-corrected chi connectivity index (χ3v) is 3.04. The summed E-state index contributed by atoms with van der Waals surface area (Å²) in [6.07, 6.45) is 4.72. The van der Waals surface area contributed by atoms with Gasteiger partial charge in [0.15, 0.2) is 0 Å². The highest BCUT2D eigenvalue weighted by molar-refractivity contribution is 6.04. The number of rotatable bonds is 5. The number of hydrogen-bond acceptors (Lipinski definition) is 4. The SMILES string of the molecule is C=CCNc1ncc(C(=O)Nc2c(C)cccc2C)cn1. The zero-order valence-corrected chi connectivity index (χ0v) is 12.2. The van der Waals surface area contributed by atoms with Gasteiger partial charge in [-0.15, -0.1) is 6.58 Å². The number of para-hydroxylation sites is 1. The Morgan fingerprint density at radius 2 is 1.86 bits per heavy atom. The molecule has 1 aromatic carbocycles. The second kappa shape index (κ2) is 6.65. The molecule has 0 bridgehead atoms. The lowest BCUT2D eigenvalue weighted by molar-refractivity contribution is 0.102. The molecule has 0 spiro atoms. The van der Waals surface area contributed by atoms with E-state index in [1.165, 1.54) is 12.4 Å². The lowest BCUT2D eigenvalue weighted by atomic mass is 10.1. The molecule has 0 unspecified atom stereocenters. The smallest absolute Gasteiger partial charge is 0.258 e. The van der Waals surface area contributed by atoms with Gasteiger partial charge < -0.3 is 10.6 Å². The van der Waals surface area contributed by atoms with Crippen molar-refractivity contribution in [2.75, 3.05) is 17.2 Å². The van der Waals surface area contributed by atoms with Crippen LogP contribution in [-0.2, 0) is 0 Å². The van der Waals surface area contributed by atoms with E-state index in [2.05, 4.69) is 27.2 Å². The molecule has 0 atom stereocenters. The first-order valence-electron chi connectivity index (χ1n) is 6.66. The Bertz CT molecular complexity index is 630. The Hall–Kier alpha value is -2.69. The van der Waals surface area contributed by atoms with Crippen LogP contribution in [-0.4, -0.2) is 22.4 Å². The summed E-state index contributed by atoms with van der Waals surface area (Å²) in [6, 6.07) is 5.88. The molecule has 0 aliphatic heterocycles. The predicted molar refractivity (Wildman–Crippen MR) is 84.6 cm³/mol. The quantitative estimate of drug-likeness (QED) is 0.827. The fraction of sp³-hybridized carbons (Fsp3) is 0.188. The fourth-order valence-corrected chi connectivity index (χ4v) is 1.90. The summed E-state index contributed by atoms with van der Waals surface area (Å²) < 4.78 is 0. The van der Waals surface area contributed by atoms with Gasteiger partial charge in [0.25, 0.3) is 5.91 Å². The number of anilines is 2. The summed E-state index contributed by atoms with van der Waals surface area (Å²) in [5.74, 6) is 0.251. The van der Waals surface area contributed by atoms with Crippen LogP contribution in [0.2, 0.25) is 0 Å². The number of aryl methyl sites for hydroxylation is 2. The molecule has 0 fully saturated rings. The summed E-state index contributed by atoms with van der Waals surface area (Å²) in [5, 5.41) is 5.86. The van der Waals surface area contributed by atoms with Crippen LogP contribution in [0.3, 0.4) is 0 Å². The van der Waals surface area contributed by atoms with Gasteiger partial charge in [0.1, 0.15) is 0 Å². The molecule has 0 aliphatic carbocycles. The maximum Gasteiger partial charge on any atom is 0.258 e. The highest BCUT2D eigenvalue weighted by atomic mass is 16.1. The molecule has 2 N–H and O–H groups in total. The van der Waals surface area contributed by atoms with Crippen LogP contribution >= 0.6 is 0 Å². The molecule has 108 valence electrons. The van der Waals surface area contributed by atoms with Gasteiger partial charge in [-0.05, 0) is 25.0 Å². The summed E-state index contributed by atoms with van der Waals surface area (Å²) in [4.78, 5) is 20.4. The van der Waals surface area contributed by atoms with Crippen LogP contribution < -0.4 is 10.6 Å². The van der Waals surface area contributed by atoms with Crippen LogP contribution in [0.15, 0.2) is 43.2 Å². The number of benzene rings is 1. The lowest BCUT2D eigenvalue weighted by Gasteiger charge is -2.11. The van der Waals surface area contributed by atoms with Crippen LogP contribution in [0.1, 0.15) is 21.5 Å². The van der Waals surface area contributed by atoms with Gasteiger partial charge in [-0.1, -0.05) is 24.3 Å². The van der Waals surface area contributed by atoms with Crippen molar-refractivity contribution in [1.29, 1.82) is 0 Å². The van der Waals surface area contributed by atoms with Crippen LogP contribution in [0.5, 0.6) is 0 Å². The fourth-order valence-electron chi connectivity index (χ4n) is 1.90. The van der Waals surface area contributed by atoms with Crippen molar-refractivity contribution in [3.63, 3.8) is 0 Å². The Morgan fingerprint density at radius 1 is 1.24 bits per heavy atom. The van der Waals surface area contributed by atoms with Gasteiger partial charge in [0.05, 0.1) is 5.56 Å². The molecule has 1 aromatic heterocycles. The van der Waals surface area contributed by atoms with E-state index in [-0.39, 0.29) is 5.91 Å². The molecule has 0 saturated heterocycles. The molecule has 1 heterocycles. The first-order chi connectivity index (χ1) is 10.1. The number of carbonyl (C=O) groups is 1. The average molecular weight is 282 g/mol. The molecule has 5 nitrogen and oxygen atoms in total. The monoisotopic (exact) mass is 282 g/mol. The van der Waals surface area contributed by atoms with Crippen molar-refractivity contribution in [1.82, 2.24) is 9.97 Å². The van der Waals surface area contributed by atoms with E-state index in [4.69, 9.17) is 0 Å². The van der Waals surface area contributed by atoms with Crippen molar-refractivity contribution in [2.45, 2.75) is 13.8 Å². The van der Waals surface area contributed by atoms with E-state index < -0.39 is 0 Å². The summed E-state index contributed by atoms with van der Waals surface area (Å²) in [6.45, 7) is 8.10. The molecular weight excluding hydrogens is 264 g/mol. The maximum absolute atomic E-state index is 12.2. The molecule has 0 aliphatic rings. The molecule has 0 saturated carbocycles. The molecule has 0 radical (unpaired) electrons. The molecule has 2 aromatic rings. The third kappa shape index (κ3) is 3.66. The van der Waals surface area contributed by atoms with Crippen molar-refractivity contribution < 1.29 is 4.79 Å². The largest absolute Gasteiger partial charge is 0.351 e. The van der Waals surface area contributed by atoms with E-state index in [1.807, 2.05) is 32.0 Å². The van der Waals surface area contributed by atoms with E-state index >= 15 is 0 Å². The predicted octanol–water partition coefficient (Wildman–Crippen LogP) is 2.94. The Balaban J connectivity index is 2.11. The van der Waals surface area contributed by atoms with Crippen LogP contribution in [0.4, 0.5) is 11.6 Å². The molecule has 1 amide bonds. The Morgan fingerprint density at radius 3 is 2.43 bits per heavy atom. The minimum Gasteiger partial charge on any atom is -0.351 e. The minimum absolute atomic E-state index is 0.220. The third-order valence-electron chi connectivity index (χ3n) is 3.04. The highest BCUT2D eigenvalue weighted by Gasteiger charge is 2.10. The van der Waals surface area contributed by atoms with Gasteiger partial charge in [0, 0.05) is 24.6 Å². The van der Waals surface area contributed by atoms with E-state index in [0.717, 1.165) is 16.8 Å².